The molecule has 2 amide bonds. The van der Waals surface area contributed by atoms with Crippen LogP contribution in [0.15, 0.2) is 65.6 Å². The van der Waals surface area contributed by atoms with Crippen LogP contribution in [0.1, 0.15) is 31.4 Å². The third kappa shape index (κ3) is 7.86. The van der Waals surface area contributed by atoms with Gasteiger partial charge in [-0.1, -0.05) is 65.5 Å². The number of hydrogen-bond acceptors (Lipinski definition) is 5. The van der Waals surface area contributed by atoms with Crippen molar-refractivity contribution in [1.29, 1.82) is 0 Å². The molecule has 0 aliphatic rings. The predicted molar refractivity (Wildman–Crippen MR) is 163 cm³/mol. The summed E-state index contributed by atoms with van der Waals surface area (Å²) in [6.07, 6.45) is 0.272. The van der Waals surface area contributed by atoms with Crippen LogP contribution < -0.4 is 14.4 Å². The molecule has 0 saturated heterocycles. The summed E-state index contributed by atoms with van der Waals surface area (Å²) in [5, 5.41) is 3.72. The maximum atomic E-state index is 14.1. The number of nitrogens with one attached hydrogen (secondary N) is 1. The van der Waals surface area contributed by atoms with E-state index in [2.05, 4.69) is 5.32 Å². The minimum absolute atomic E-state index is 0.0269. The van der Waals surface area contributed by atoms with E-state index in [-0.39, 0.29) is 40.2 Å². The average molecular weight is 641 g/mol. The number of sulfonamides is 1. The van der Waals surface area contributed by atoms with Crippen LogP contribution >= 0.6 is 34.8 Å². The highest BCUT2D eigenvalue weighted by atomic mass is 35.5. The van der Waals surface area contributed by atoms with E-state index in [0.29, 0.717) is 22.2 Å². The van der Waals surface area contributed by atoms with Gasteiger partial charge in [0.15, 0.2) is 0 Å². The first-order valence-corrected chi connectivity index (χ1v) is 15.4. The number of methoxy groups -OCH3 is 1. The van der Waals surface area contributed by atoms with Crippen molar-refractivity contribution in [2.75, 3.05) is 24.5 Å². The molecule has 41 heavy (non-hydrogen) atoms. The van der Waals surface area contributed by atoms with Crippen LogP contribution in [0, 0.1) is 6.92 Å². The fourth-order valence-electron chi connectivity index (χ4n) is 4.25. The van der Waals surface area contributed by atoms with Gasteiger partial charge in [0.1, 0.15) is 18.3 Å². The van der Waals surface area contributed by atoms with Gasteiger partial charge in [-0.05, 0) is 68.3 Å². The summed E-state index contributed by atoms with van der Waals surface area (Å²) in [6, 6.07) is 14.7. The maximum absolute atomic E-state index is 14.1. The fraction of sp³-hybridized carbons (Fsp3) is 0.310. The zero-order valence-corrected chi connectivity index (χ0v) is 26.2. The summed E-state index contributed by atoms with van der Waals surface area (Å²) >= 11 is 18.8. The molecule has 12 heteroatoms. The fourth-order valence-corrected chi connectivity index (χ4v) is 6.30. The van der Waals surface area contributed by atoms with Gasteiger partial charge in [0, 0.05) is 28.2 Å². The Morgan fingerprint density at radius 2 is 1.59 bits per heavy atom. The highest BCUT2D eigenvalue weighted by molar-refractivity contribution is 7.92. The number of benzene rings is 3. The maximum Gasteiger partial charge on any atom is 0.264 e. The van der Waals surface area contributed by atoms with Crippen LogP contribution in [0.2, 0.25) is 15.1 Å². The predicted octanol–water partition coefficient (Wildman–Crippen LogP) is 6.10. The Bertz CT molecular complexity index is 1500. The summed E-state index contributed by atoms with van der Waals surface area (Å²) in [7, 11) is -2.90. The van der Waals surface area contributed by atoms with E-state index >= 15 is 0 Å². The normalized spacial score (nSPS) is 12.0. The molecule has 220 valence electrons. The summed E-state index contributed by atoms with van der Waals surface area (Å²) in [5.41, 5.74) is 1.48. The molecule has 0 heterocycles. The monoisotopic (exact) mass is 639 g/mol. The molecule has 1 unspecified atom stereocenters. The van der Waals surface area contributed by atoms with E-state index in [9.17, 15) is 18.0 Å². The van der Waals surface area contributed by atoms with Crippen LogP contribution in [0.25, 0.3) is 0 Å². The van der Waals surface area contributed by atoms with E-state index in [4.69, 9.17) is 39.5 Å². The van der Waals surface area contributed by atoms with Crippen molar-refractivity contribution < 1.29 is 22.7 Å². The molecule has 0 spiro atoms. The quantitative estimate of drug-likeness (QED) is 0.258. The van der Waals surface area contributed by atoms with Crippen LogP contribution in [0.4, 0.5) is 5.69 Å². The lowest BCUT2D eigenvalue weighted by atomic mass is 10.1. The number of carbonyl (C=O) groups excluding carboxylic acids is 2. The Labute approximate surface area is 256 Å². The Hall–Kier alpha value is -2.98. The molecule has 1 N–H and O–H groups in total. The number of aryl methyl sites for hydroxylation is 1. The molecular weight excluding hydrogens is 609 g/mol. The van der Waals surface area contributed by atoms with E-state index < -0.39 is 28.5 Å². The Kier molecular flexibility index (Phi) is 11.3. The zero-order chi connectivity index (χ0) is 30.3. The van der Waals surface area contributed by atoms with Crippen LogP contribution in [0.5, 0.6) is 5.75 Å². The largest absolute Gasteiger partial charge is 0.495 e. The van der Waals surface area contributed by atoms with E-state index in [1.807, 2.05) is 6.92 Å². The van der Waals surface area contributed by atoms with Gasteiger partial charge >= 0.3 is 0 Å². The topological polar surface area (TPSA) is 96.0 Å². The molecular formula is C29H32Cl3N3O5S. The van der Waals surface area contributed by atoms with Crippen LogP contribution in [-0.4, -0.2) is 51.4 Å². The molecule has 0 fully saturated rings. The highest BCUT2D eigenvalue weighted by Gasteiger charge is 2.35. The highest BCUT2D eigenvalue weighted by Crippen LogP contribution is 2.35. The number of halogens is 3. The van der Waals surface area contributed by atoms with Crippen molar-refractivity contribution >= 4 is 62.3 Å². The zero-order valence-electron chi connectivity index (χ0n) is 23.2. The van der Waals surface area contributed by atoms with Crippen molar-refractivity contribution in [3.8, 4) is 5.75 Å². The smallest absolute Gasteiger partial charge is 0.264 e. The summed E-state index contributed by atoms with van der Waals surface area (Å²) in [5.74, 6) is -0.811. The third-order valence-corrected chi connectivity index (χ3v) is 8.99. The van der Waals surface area contributed by atoms with E-state index in [0.717, 1.165) is 9.87 Å². The van der Waals surface area contributed by atoms with Gasteiger partial charge in [-0.2, -0.15) is 0 Å². The van der Waals surface area contributed by atoms with Gasteiger partial charge in [0.25, 0.3) is 10.0 Å². The molecule has 0 aliphatic carbocycles. The second kappa shape index (κ2) is 14.3. The summed E-state index contributed by atoms with van der Waals surface area (Å²) in [6.45, 7) is 5.03. The van der Waals surface area contributed by atoms with Gasteiger partial charge in [-0.15, -0.1) is 0 Å². The minimum Gasteiger partial charge on any atom is -0.495 e. The number of nitrogens with zero attached hydrogens (tertiary/aromatic N) is 2. The standard InChI is InChI=1S/C29H32Cl3N3O5S/c1-5-25(29(37)33-6-2)34(17-20-9-10-21(30)15-24(20)32)28(36)18-35(26-16-22(31)11-14-27(26)40-4)41(38,39)23-12-7-19(3)8-13-23/h7-16,25H,5-6,17-18H2,1-4H3,(H,33,37). The molecule has 3 aromatic carbocycles. The van der Waals surface area contributed by atoms with Crippen molar-refractivity contribution in [2.45, 2.75) is 44.7 Å². The van der Waals surface area contributed by atoms with E-state index in [1.54, 1.807) is 50.2 Å². The van der Waals surface area contributed by atoms with Crippen molar-refractivity contribution in [3.05, 3.63) is 86.9 Å². The molecule has 0 bridgehead atoms. The van der Waals surface area contributed by atoms with Crippen LogP contribution in [0.3, 0.4) is 0 Å². The summed E-state index contributed by atoms with van der Waals surface area (Å²) < 4.78 is 34.5. The van der Waals surface area contributed by atoms with E-state index in [1.165, 1.54) is 36.3 Å². The van der Waals surface area contributed by atoms with Crippen molar-refractivity contribution in [2.24, 2.45) is 0 Å². The SMILES string of the molecule is CCNC(=O)C(CC)N(Cc1ccc(Cl)cc1Cl)C(=O)CN(c1cc(Cl)ccc1OC)S(=O)(=O)c1ccc(C)cc1. The number of carbonyl (C=O) groups is 2. The number of hydrogen-bond donors (Lipinski definition) is 1. The van der Waals surface area contributed by atoms with Gasteiger partial charge < -0.3 is 15.0 Å². The second-order valence-electron chi connectivity index (χ2n) is 9.22. The second-order valence-corrected chi connectivity index (χ2v) is 12.4. The first-order valence-electron chi connectivity index (χ1n) is 12.9. The van der Waals surface area contributed by atoms with Gasteiger partial charge in [0.05, 0.1) is 17.7 Å². The lowest BCUT2D eigenvalue weighted by Gasteiger charge is -2.33. The van der Waals surface area contributed by atoms with Crippen LogP contribution in [-0.2, 0) is 26.2 Å². The first kappa shape index (κ1) is 32.5. The van der Waals surface area contributed by atoms with Crippen molar-refractivity contribution in [3.63, 3.8) is 0 Å². The number of rotatable bonds is 12. The lowest BCUT2D eigenvalue weighted by molar-refractivity contribution is -0.140. The molecule has 1 atom stereocenters. The number of amides is 2. The first-order chi connectivity index (χ1) is 19.4. The van der Waals surface area contributed by atoms with Crippen molar-refractivity contribution in [1.82, 2.24) is 10.2 Å². The number of anilines is 1. The number of ether oxygens (including phenoxy) is 1. The molecule has 0 aliphatic heterocycles. The number of likely N-dealkylation sites (N-methyl/N-ethyl adjacent to an activating group) is 1. The Balaban J connectivity index is 2.15. The molecule has 0 aromatic heterocycles. The van der Waals surface area contributed by atoms with Gasteiger partial charge in [-0.25, -0.2) is 8.42 Å². The lowest BCUT2D eigenvalue weighted by Crippen LogP contribution is -2.52. The summed E-state index contributed by atoms with van der Waals surface area (Å²) in [4.78, 5) is 28.5. The molecule has 0 saturated carbocycles. The molecule has 0 radical (unpaired) electrons. The molecule has 3 rings (SSSR count). The van der Waals surface area contributed by atoms with Gasteiger partial charge in [0.2, 0.25) is 11.8 Å². The molecule has 3 aromatic rings. The molecule has 8 nitrogen and oxygen atoms in total. The average Bonchev–Trinajstić information content (AvgIpc) is 2.93. The minimum atomic E-state index is -4.30. The Morgan fingerprint density at radius 1 is 0.951 bits per heavy atom. The van der Waals surface area contributed by atoms with Gasteiger partial charge in [-0.3, -0.25) is 13.9 Å². The Morgan fingerprint density at radius 3 is 2.17 bits per heavy atom. The third-order valence-electron chi connectivity index (χ3n) is 6.39.